The molecule has 2 atom stereocenters. The van der Waals surface area contributed by atoms with E-state index < -0.39 is 5.54 Å². The van der Waals surface area contributed by atoms with Gasteiger partial charge in [-0.25, -0.2) is 0 Å². The smallest absolute Gasteiger partial charge is 0.254 e. The van der Waals surface area contributed by atoms with Gasteiger partial charge in [0.25, 0.3) is 5.91 Å². The molecule has 1 aliphatic heterocycles. The molecular weight excluding hydrogens is 352 g/mol. The second-order valence-electron chi connectivity index (χ2n) is 8.25. The van der Waals surface area contributed by atoms with Gasteiger partial charge in [-0.05, 0) is 44.2 Å². The van der Waals surface area contributed by atoms with Crippen LogP contribution >= 0.6 is 0 Å². The minimum absolute atomic E-state index is 0.0475. The van der Waals surface area contributed by atoms with E-state index in [4.69, 9.17) is 4.74 Å². The fourth-order valence-corrected chi connectivity index (χ4v) is 5.13. The number of hydrogen-bond donors (Lipinski definition) is 1. The summed E-state index contributed by atoms with van der Waals surface area (Å²) >= 11 is 0. The van der Waals surface area contributed by atoms with Crippen LogP contribution < -0.4 is 5.32 Å². The standard InChI is InChI=1S/C23H34N2O3/c1-4-17(2)25-22(27)19-12-7-6-11-18(19)20(21(26)24-15-10-16-28-3)23(25)13-8-5-9-14-23/h6-7,11-12,17,20H,4-5,8-10,13-16H2,1-3H3,(H,24,26)/t17-,20-/m0/s1. The highest BCUT2D eigenvalue weighted by Gasteiger charge is 2.55. The molecule has 0 unspecified atom stereocenters. The zero-order valence-electron chi connectivity index (χ0n) is 17.5. The van der Waals surface area contributed by atoms with Crippen LogP contribution in [0.2, 0.25) is 0 Å². The number of nitrogens with zero attached hydrogens (tertiary/aromatic N) is 1. The van der Waals surface area contributed by atoms with E-state index in [2.05, 4.69) is 24.1 Å². The number of rotatable bonds is 7. The molecule has 3 rings (SSSR count). The zero-order chi connectivity index (χ0) is 20.1. The molecule has 5 nitrogen and oxygen atoms in total. The molecule has 1 N–H and O–H groups in total. The second-order valence-corrected chi connectivity index (χ2v) is 8.25. The van der Waals surface area contributed by atoms with E-state index in [1.165, 1.54) is 6.42 Å². The lowest BCUT2D eigenvalue weighted by Crippen LogP contribution is -2.64. The first-order chi connectivity index (χ1) is 13.6. The lowest BCUT2D eigenvalue weighted by Gasteiger charge is -2.55. The Morgan fingerprint density at radius 3 is 2.68 bits per heavy atom. The molecule has 0 saturated heterocycles. The monoisotopic (exact) mass is 386 g/mol. The molecule has 1 heterocycles. The summed E-state index contributed by atoms with van der Waals surface area (Å²) in [5, 5.41) is 3.14. The molecule has 0 radical (unpaired) electrons. The number of hydrogen-bond acceptors (Lipinski definition) is 3. The normalized spacial score (nSPS) is 22.0. The topological polar surface area (TPSA) is 58.6 Å². The average Bonchev–Trinajstić information content (AvgIpc) is 2.72. The Bertz CT molecular complexity index is 697. The van der Waals surface area contributed by atoms with E-state index >= 15 is 0 Å². The lowest BCUT2D eigenvalue weighted by atomic mass is 9.64. The zero-order valence-corrected chi connectivity index (χ0v) is 17.5. The third kappa shape index (κ3) is 3.69. The molecular formula is C23H34N2O3. The van der Waals surface area contributed by atoms with Gasteiger partial charge in [-0.1, -0.05) is 44.4 Å². The summed E-state index contributed by atoms with van der Waals surface area (Å²) in [7, 11) is 1.67. The molecule has 154 valence electrons. The molecule has 2 aliphatic rings. The van der Waals surface area contributed by atoms with E-state index in [-0.39, 0.29) is 23.8 Å². The van der Waals surface area contributed by atoms with Crippen molar-refractivity contribution < 1.29 is 14.3 Å². The maximum atomic E-state index is 13.5. The predicted molar refractivity (Wildman–Crippen MR) is 110 cm³/mol. The van der Waals surface area contributed by atoms with Crippen molar-refractivity contribution in [1.29, 1.82) is 0 Å². The van der Waals surface area contributed by atoms with Crippen molar-refractivity contribution >= 4 is 11.8 Å². The van der Waals surface area contributed by atoms with Gasteiger partial charge in [-0.15, -0.1) is 0 Å². The first-order valence-electron chi connectivity index (χ1n) is 10.8. The Morgan fingerprint density at radius 1 is 1.29 bits per heavy atom. The summed E-state index contributed by atoms with van der Waals surface area (Å²) in [5.74, 6) is -0.167. The van der Waals surface area contributed by atoms with E-state index in [1.54, 1.807) is 7.11 Å². The summed E-state index contributed by atoms with van der Waals surface area (Å²) in [6, 6.07) is 7.83. The summed E-state index contributed by atoms with van der Waals surface area (Å²) in [6.07, 6.45) is 6.77. The molecule has 0 aromatic heterocycles. The van der Waals surface area contributed by atoms with Crippen molar-refractivity contribution in [3.8, 4) is 0 Å². The fraction of sp³-hybridized carbons (Fsp3) is 0.652. The molecule has 1 fully saturated rings. The van der Waals surface area contributed by atoms with Crippen molar-refractivity contribution in [3.63, 3.8) is 0 Å². The number of fused-ring (bicyclic) bond motifs is 1. The van der Waals surface area contributed by atoms with Gasteiger partial charge in [0.2, 0.25) is 5.91 Å². The number of carbonyl (C=O) groups is 2. The highest BCUT2D eigenvalue weighted by Crippen LogP contribution is 2.50. The van der Waals surface area contributed by atoms with Crippen LogP contribution in [0.1, 0.15) is 80.6 Å². The van der Waals surface area contributed by atoms with Crippen molar-refractivity contribution in [2.45, 2.75) is 76.3 Å². The van der Waals surface area contributed by atoms with Gasteiger partial charge in [0.1, 0.15) is 0 Å². The Kier molecular flexibility index (Phi) is 6.76. The van der Waals surface area contributed by atoms with Gasteiger partial charge >= 0.3 is 0 Å². The van der Waals surface area contributed by atoms with Crippen molar-refractivity contribution in [3.05, 3.63) is 35.4 Å². The first kappa shape index (κ1) is 20.8. The fourth-order valence-electron chi connectivity index (χ4n) is 5.13. The van der Waals surface area contributed by atoms with E-state index in [9.17, 15) is 9.59 Å². The van der Waals surface area contributed by atoms with E-state index in [1.807, 2.05) is 24.3 Å². The van der Waals surface area contributed by atoms with Gasteiger partial charge in [0, 0.05) is 31.9 Å². The van der Waals surface area contributed by atoms with Crippen LogP contribution in [0.4, 0.5) is 0 Å². The van der Waals surface area contributed by atoms with Crippen LogP contribution in [0.5, 0.6) is 0 Å². The highest BCUT2D eigenvalue weighted by atomic mass is 16.5. The third-order valence-electron chi connectivity index (χ3n) is 6.58. The maximum absolute atomic E-state index is 13.5. The molecule has 1 aliphatic carbocycles. The SMILES string of the molecule is CC[C@H](C)N1C(=O)c2ccccc2[C@@H](C(=O)NCCCOC)C12CCCCC2. The lowest BCUT2D eigenvalue weighted by molar-refractivity contribution is -0.128. The minimum Gasteiger partial charge on any atom is -0.385 e. The molecule has 1 aromatic rings. The van der Waals surface area contributed by atoms with Crippen LogP contribution in [0.25, 0.3) is 0 Å². The van der Waals surface area contributed by atoms with Crippen LogP contribution in [0, 0.1) is 0 Å². The Labute approximate surface area is 168 Å². The van der Waals surface area contributed by atoms with E-state index in [0.29, 0.717) is 18.7 Å². The summed E-state index contributed by atoms with van der Waals surface area (Å²) < 4.78 is 5.11. The Balaban J connectivity index is 2.04. The number of methoxy groups -OCH3 is 1. The van der Waals surface area contributed by atoms with Gasteiger partial charge in [-0.2, -0.15) is 0 Å². The van der Waals surface area contributed by atoms with Crippen molar-refractivity contribution in [2.75, 3.05) is 20.3 Å². The quantitative estimate of drug-likeness (QED) is 0.724. The predicted octanol–water partition coefficient (Wildman–Crippen LogP) is 3.88. The molecule has 28 heavy (non-hydrogen) atoms. The van der Waals surface area contributed by atoms with Gasteiger partial charge in [0.15, 0.2) is 0 Å². The summed E-state index contributed by atoms with van der Waals surface area (Å²) in [5.41, 5.74) is 1.18. The van der Waals surface area contributed by atoms with Crippen molar-refractivity contribution in [2.24, 2.45) is 0 Å². The Hall–Kier alpha value is -1.88. The highest BCUT2D eigenvalue weighted by molar-refractivity contribution is 6.02. The van der Waals surface area contributed by atoms with Gasteiger partial charge < -0.3 is 15.0 Å². The number of carbonyl (C=O) groups excluding carboxylic acids is 2. The van der Waals surface area contributed by atoms with Gasteiger partial charge in [0.05, 0.1) is 11.5 Å². The van der Waals surface area contributed by atoms with Crippen LogP contribution in [0.3, 0.4) is 0 Å². The van der Waals surface area contributed by atoms with Crippen molar-refractivity contribution in [1.82, 2.24) is 10.2 Å². The van der Waals surface area contributed by atoms with Crippen LogP contribution in [-0.2, 0) is 9.53 Å². The van der Waals surface area contributed by atoms with Gasteiger partial charge in [-0.3, -0.25) is 9.59 Å². The molecule has 5 heteroatoms. The molecule has 1 spiro atoms. The number of benzene rings is 1. The second kappa shape index (κ2) is 9.08. The minimum atomic E-state index is -0.412. The maximum Gasteiger partial charge on any atom is 0.254 e. The summed E-state index contributed by atoms with van der Waals surface area (Å²) in [4.78, 5) is 29.1. The number of amides is 2. The Morgan fingerprint density at radius 2 is 2.00 bits per heavy atom. The third-order valence-corrected chi connectivity index (χ3v) is 6.58. The number of ether oxygens (including phenoxy) is 1. The first-order valence-corrected chi connectivity index (χ1v) is 10.8. The van der Waals surface area contributed by atoms with E-state index in [0.717, 1.165) is 44.1 Å². The summed E-state index contributed by atoms with van der Waals surface area (Å²) in [6.45, 7) is 5.47. The van der Waals surface area contributed by atoms with Crippen LogP contribution in [-0.4, -0.2) is 48.6 Å². The molecule has 1 saturated carbocycles. The largest absolute Gasteiger partial charge is 0.385 e. The van der Waals surface area contributed by atoms with Crippen LogP contribution in [0.15, 0.2) is 24.3 Å². The molecule has 1 aromatic carbocycles. The molecule has 2 amide bonds. The number of nitrogens with one attached hydrogen (secondary N) is 1. The molecule has 0 bridgehead atoms. The average molecular weight is 387 g/mol.